The number of hydrogen-bond acceptors (Lipinski definition) is 11. The first kappa shape index (κ1) is 29.1. The first-order chi connectivity index (χ1) is 22.5. The molecule has 232 valence electrons. The predicted octanol–water partition coefficient (Wildman–Crippen LogP) is 2.72. The molecule has 0 spiro atoms. The number of aromatic nitrogens is 6. The van der Waals surface area contributed by atoms with Crippen LogP contribution >= 0.6 is 0 Å². The highest BCUT2D eigenvalue weighted by Gasteiger charge is 2.23. The number of nitrogens with zero attached hydrogens (tertiary/aromatic N) is 11. The van der Waals surface area contributed by atoms with Crippen LogP contribution in [0.1, 0.15) is 17.7 Å². The lowest BCUT2D eigenvalue weighted by molar-refractivity contribution is -0.129. The number of fused-ring (bicyclic) bond motifs is 1. The number of hydrogen-bond donors (Lipinski definition) is 1. The van der Waals surface area contributed by atoms with Gasteiger partial charge in [-0.1, -0.05) is 12.1 Å². The van der Waals surface area contributed by atoms with Gasteiger partial charge in [0.15, 0.2) is 11.5 Å². The van der Waals surface area contributed by atoms with Crippen molar-refractivity contribution in [3.63, 3.8) is 0 Å². The molecule has 13 nitrogen and oxygen atoms in total. The fourth-order valence-electron chi connectivity index (χ4n) is 6.04. The fourth-order valence-corrected chi connectivity index (χ4v) is 6.04. The SMILES string of the molecule is CN1CCN(c2ccc3nc(-c4cccnc4N)n(-c4ccc(CN5CCN(c6cc(C#N)ncn6)CC5)cc4)c3n2)CCC1=O. The zero-order chi connectivity index (χ0) is 31.6. The molecule has 7 rings (SSSR count). The standard InChI is InChI=1S/C33H34N12O/c1-41-13-16-43(12-10-30(41)46)28-9-8-27-33(40-28)45(32(39-27)26-3-2-11-36-31(26)35)25-6-4-23(5-7-25)21-42-14-17-44(18-15-42)29-19-24(20-34)37-22-38-29/h2-9,11,19,22H,10,12-18,21H2,1H3,(H2,35,36). The largest absolute Gasteiger partial charge is 0.383 e. The van der Waals surface area contributed by atoms with Gasteiger partial charge in [0.25, 0.3) is 0 Å². The molecule has 0 radical (unpaired) electrons. The molecule has 4 aromatic heterocycles. The molecule has 2 N–H and O–H groups in total. The third-order valence-electron chi connectivity index (χ3n) is 8.68. The van der Waals surface area contributed by atoms with Gasteiger partial charge >= 0.3 is 0 Å². The lowest BCUT2D eigenvalue weighted by Crippen LogP contribution is -2.46. The Morgan fingerprint density at radius 1 is 0.870 bits per heavy atom. The van der Waals surface area contributed by atoms with E-state index in [-0.39, 0.29) is 5.91 Å². The van der Waals surface area contributed by atoms with Gasteiger partial charge in [-0.05, 0) is 42.0 Å². The lowest BCUT2D eigenvalue weighted by Gasteiger charge is -2.35. The second kappa shape index (κ2) is 12.4. The van der Waals surface area contributed by atoms with E-state index < -0.39 is 0 Å². The van der Waals surface area contributed by atoms with Crippen molar-refractivity contribution in [2.45, 2.75) is 13.0 Å². The third-order valence-corrected chi connectivity index (χ3v) is 8.68. The van der Waals surface area contributed by atoms with Crippen molar-refractivity contribution >= 4 is 34.5 Å². The van der Waals surface area contributed by atoms with Gasteiger partial charge in [0.05, 0.1) is 5.56 Å². The monoisotopic (exact) mass is 614 g/mol. The van der Waals surface area contributed by atoms with E-state index in [2.05, 4.69) is 60.0 Å². The van der Waals surface area contributed by atoms with Crippen LogP contribution in [-0.4, -0.2) is 98.1 Å². The molecule has 0 atom stereocenters. The van der Waals surface area contributed by atoms with Crippen molar-refractivity contribution in [1.29, 1.82) is 5.26 Å². The number of amides is 1. The Morgan fingerprint density at radius 3 is 2.43 bits per heavy atom. The van der Waals surface area contributed by atoms with Gasteiger partial charge in [0, 0.05) is 83.8 Å². The minimum atomic E-state index is 0.143. The second-order valence-corrected chi connectivity index (χ2v) is 11.6. The maximum atomic E-state index is 12.3. The van der Waals surface area contributed by atoms with Crippen LogP contribution < -0.4 is 15.5 Å². The van der Waals surface area contributed by atoms with Crippen LogP contribution in [0.25, 0.3) is 28.2 Å². The highest BCUT2D eigenvalue weighted by atomic mass is 16.2. The van der Waals surface area contributed by atoms with E-state index in [1.807, 2.05) is 35.9 Å². The van der Waals surface area contributed by atoms with Crippen molar-refractivity contribution in [2.75, 3.05) is 68.4 Å². The maximum Gasteiger partial charge on any atom is 0.224 e. The number of rotatable bonds is 6. The number of nitrogen functional groups attached to an aromatic ring is 1. The third kappa shape index (κ3) is 5.78. The number of nitriles is 1. The van der Waals surface area contributed by atoms with Crippen LogP contribution in [0.5, 0.6) is 0 Å². The molecule has 0 unspecified atom stereocenters. The van der Waals surface area contributed by atoms with Crippen molar-refractivity contribution < 1.29 is 4.79 Å². The molecule has 1 amide bonds. The summed E-state index contributed by atoms with van der Waals surface area (Å²) in [6.07, 6.45) is 3.57. The first-order valence-corrected chi connectivity index (χ1v) is 15.3. The number of carbonyl (C=O) groups is 1. The van der Waals surface area contributed by atoms with E-state index in [4.69, 9.17) is 15.7 Å². The molecule has 2 aliphatic rings. The van der Waals surface area contributed by atoms with E-state index in [0.29, 0.717) is 49.0 Å². The number of piperazine rings is 1. The second-order valence-electron chi connectivity index (χ2n) is 11.6. The Balaban J connectivity index is 1.15. The van der Waals surface area contributed by atoms with Gasteiger partial charge < -0.3 is 20.4 Å². The molecule has 6 heterocycles. The molecule has 5 aromatic rings. The zero-order valence-corrected chi connectivity index (χ0v) is 25.6. The summed E-state index contributed by atoms with van der Waals surface area (Å²) in [6.45, 7) is 6.21. The summed E-state index contributed by atoms with van der Waals surface area (Å²) in [4.78, 5) is 43.6. The average molecular weight is 615 g/mol. The zero-order valence-electron chi connectivity index (χ0n) is 25.6. The van der Waals surface area contributed by atoms with Gasteiger partial charge in [-0.3, -0.25) is 14.3 Å². The highest BCUT2D eigenvalue weighted by Crippen LogP contribution is 2.32. The molecule has 1 aromatic carbocycles. The summed E-state index contributed by atoms with van der Waals surface area (Å²) in [5.74, 6) is 2.81. The quantitative estimate of drug-likeness (QED) is 0.301. The molecular formula is C33H34N12O. The van der Waals surface area contributed by atoms with Crippen LogP contribution in [0, 0.1) is 11.3 Å². The maximum absolute atomic E-state index is 12.3. The number of carbonyl (C=O) groups excluding carboxylic acids is 1. The van der Waals surface area contributed by atoms with E-state index in [1.54, 1.807) is 17.2 Å². The minimum Gasteiger partial charge on any atom is -0.383 e. The first-order valence-electron chi connectivity index (χ1n) is 15.3. The Kier molecular flexibility index (Phi) is 7.86. The number of nitrogens with two attached hydrogens (primary N) is 1. The molecule has 0 bridgehead atoms. The van der Waals surface area contributed by atoms with E-state index >= 15 is 0 Å². The summed E-state index contributed by atoms with van der Waals surface area (Å²) < 4.78 is 2.04. The van der Waals surface area contributed by atoms with Crippen LogP contribution in [0.2, 0.25) is 0 Å². The summed E-state index contributed by atoms with van der Waals surface area (Å²) in [5.41, 5.74) is 11.0. The molecule has 0 saturated carbocycles. The van der Waals surface area contributed by atoms with E-state index in [0.717, 1.165) is 61.1 Å². The molecule has 0 aliphatic carbocycles. The number of benzene rings is 1. The summed E-state index contributed by atoms with van der Waals surface area (Å²) >= 11 is 0. The molecule has 2 saturated heterocycles. The van der Waals surface area contributed by atoms with E-state index in [9.17, 15) is 10.1 Å². The van der Waals surface area contributed by atoms with Gasteiger partial charge in [-0.2, -0.15) is 5.26 Å². The molecular weight excluding hydrogens is 580 g/mol. The Bertz CT molecular complexity index is 1920. The van der Waals surface area contributed by atoms with Gasteiger partial charge in [0.1, 0.15) is 41.1 Å². The summed E-state index contributed by atoms with van der Waals surface area (Å²) in [5, 5.41) is 9.18. The van der Waals surface area contributed by atoms with E-state index in [1.165, 1.54) is 11.9 Å². The van der Waals surface area contributed by atoms with Gasteiger partial charge in [0.2, 0.25) is 5.91 Å². The number of pyridine rings is 2. The fraction of sp³-hybridized carbons (Fsp3) is 0.303. The van der Waals surface area contributed by atoms with Crippen LogP contribution in [0.3, 0.4) is 0 Å². The van der Waals surface area contributed by atoms with Crippen molar-refractivity contribution in [3.8, 4) is 23.1 Å². The Morgan fingerprint density at radius 2 is 1.65 bits per heavy atom. The Hall–Kier alpha value is -5.61. The summed E-state index contributed by atoms with van der Waals surface area (Å²) in [7, 11) is 1.85. The smallest absolute Gasteiger partial charge is 0.224 e. The minimum absolute atomic E-state index is 0.143. The normalized spacial score (nSPS) is 16.1. The molecule has 46 heavy (non-hydrogen) atoms. The lowest BCUT2D eigenvalue weighted by atomic mass is 10.1. The molecule has 13 heteroatoms. The molecule has 2 aliphatic heterocycles. The summed E-state index contributed by atoms with van der Waals surface area (Å²) in [6, 6.07) is 20.1. The Labute approximate surface area is 266 Å². The predicted molar refractivity (Wildman–Crippen MR) is 175 cm³/mol. The number of imidazole rings is 1. The average Bonchev–Trinajstić information content (AvgIpc) is 3.38. The number of likely N-dealkylation sites (N-methyl/N-ethyl adjacent to an activating group) is 1. The van der Waals surface area contributed by atoms with Gasteiger partial charge in [-0.25, -0.2) is 24.9 Å². The van der Waals surface area contributed by atoms with Crippen molar-refractivity contribution in [3.05, 3.63) is 78.4 Å². The van der Waals surface area contributed by atoms with Crippen molar-refractivity contribution in [2.24, 2.45) is 0 Å². The van der Waals surface area contributed by atoms with Crippen LogP contribution in [-0.2, 0) is 11.3 Å². The molecule has 2 fully saturated rings. The highest BCUT2D eigenvalue weighted by molar-refractivity contribution is 5.84. The topological polar surface area (TPSA) is 149 Å². The number of anilines is 3. The van der Waals surface area contributed by atoms with Crippen LogP contribution in [0.15, 0.2) is 67.1 Å². The van der Waals surface area contributed by atoms with Crippen LogP contribution in [0.4, 0.5) is 17.5 Å². The van der Waals surface area contributed by atoms with Crippen molar-refractivity contribution in [1.82, 2.24) is 39.3 Å². The van der Waals surface area contributed by atoms with Gasteiger partial charge in [-0.15, -0.1) is 0 Å².